The van der Waals surface area contributed by atoms with Gasteiger partial charge in [0.25, 0.3) is 0 Å². The molecule has 0 unspecified atom stereocenters. The third-order valence-electron chi connectivity index (χ3n) is 1.15. The molecule has 9 heavy (non-hydrogen) atoms. The van der Waals surface area contributed by atoms with Gasteiger partial charge in [-0.15, -0.1) is 6.58 Å². The Morgan fingerprint density at radius 2 is 2.33 bits per heavy atom. The molecular weight excluding hydrogens is 134 g/mol. The quantitative estimate of drug-likeness (QED) is 0.328. The molecule has 0 atom stereocenters. The van der Waals surface area contributed by atoms with Crippen molar-refractivity contribution >= 4 is 11.8 Å². The Bertz CT molecular complexity index is 73.3. The Hall–Kier alpha value is -0.0100. The molecule has 0 radical (unpaired) electrons. The zero-order valence-corrected chi connectivity index (χ0v) is 6.69. The van der Waals surface area contributed by atoms with E-state index in [9.17, 15) is 0 Å². The van der Waals surface area contributed by atoms with Crippen LogP contribution in [0.1, 0.15) is 19.8 Å². The summed E-state index contributed by atoms with van der Waals surface area (Å²) in [7, 11) is 0. The Labute approximate surface area is 62.4 Å². The van der Waals surface area contributed by atoms with Crippen LogP contribution in [0, 0.1) is 0 Å². The lowest BCUT2D eigenvalue weighted by atomic mass is 10.3. The molecule has 54 valence electrons. The fraction of sp³-hybridized carbons (Fsp3) is 0.714. The molecule has 0 aliphatic rings. The van der Waals surface area contributed by atoms with Crippen molar-refractivity contribution in [3.05, 3.63) is 12.7 Å². The second kappa shape index (κ2) is 6.12. The third-order valence-corrected chi connectivity index (χ3v) is 1.56. The zero-order valence-electron chi connectivity index (χ0n) is 5.94. The van der Waals surface area contributed by atoms with E-state index in [-0.39, 0.29) is 0 Å². The first-order valence-corrected chi connectivity index (χ1v) is 3.66. The monoisotopic (exact) mass is 147 g/mol. The molecule has 0 fully saturated rings. The first-order chi connectivity index (χ1) is 4.31. The summed E-state index contributed by atoms with van der Waals surface area (Å²) >= 11 is 5.70. The van der Waals surface area contributed by atoms with Crippen molar-refractivity contribution in [2.24, 2.45) is 0 Å². The van der Waals surface area contributed by atoms with E-state index in [4.69, 9.17) is 11.8 Å². The van der Waals surface area contributed by atoms with Gasteiger partial charge in [0.2, 0.25) is 0 Å². The van der Waals surface area contributed by atoms with E-state index in [1.807, 2.05) is 13.0 Å². The highest BCUT2D eigenvalue weighted by Crippen LogP contribution is 1.97. The van der Waals surface area contributed by atoms with Crippen molar-refractivity contribution in [3.63, 3.8) is 0 Å². The standard InChI is InChI=1S/C7H14ClN/c1-3-5-6-7-9(8)4-2/h3H,1,4-7H2,2H3. The average Bonchev–Trinajstić information content (AvgIpc) is 1.89. The van der Waals surface area contributed by atoms with Crippen molar-refractivity contribution in [2.45, 2.75) is 19.8 Å². The normalized spacial score (nSPS) is 10.1. The van der Waals surface area contributed by atoms with Gasteiger partial charge in [-0.05, 0) is 24.6 Å². The molecular formula is C7H14ClN. The molecule has 0 aromatic heterocycles. The van der Waals surface area contributed by atoms with E-state index < -0.39 is 0 Å². The maximum absolute atomic E-state index is 5.70. The van der Waals surface area contributed by atoms with Gasteiger partial charge in [-0.1, -0.05) is 13.0 Å². The smallest absolute Gasteiger partial charge is 0.0141 e. The molecule has 0 amide bonds. The van der Waals surface area contributed by atoms with E-state index in [2.05, 4.69) is 6.58 Å². The average molecular weight is 148 g/mol. The number of nitrogens with zero attached hydrogens (tertiary/aromatic N) is 1. The summed E-state index contributed by atoms with van der Waals surface area (Å²) in [6.07, 6.45) is 4.09. The lowest BCUT2D eigenvalue weighted by Crippen LogP contribution is -2.11. The van der Waals surface area contributed by atoms with Crippen molar-refractivity contribution in [2.75, 3.05) is 13.1 Å². The molecule has 0 aromatic carbocycles. The largest absolute Gasteiger partial charge is 0.220 e. The Morgan fingerprint density at radius 3 is 2.78 bits per heavy atom. The lowest BCUT2D eigenvalue weighted by Gasteiger charge is -2.07. The highest BCUT2D eigenvalue weighted by Gasteiger charge is 1.92. The van der Waals surface area contributed by atoms with Gasteiger partial charge in [-0.25, -0.2) is 4.42 Å². The molecule has 0 saturated carbocycles. The van der Waals surface area contributed by atoms with Crippen LogP contribution < -0.4 is 0 Å². The molecule has 0 aromatic rings. The molecule has 0 heterocycles. The van der Waals surface area contributed by atoms with Crippen molar-refractivity contribution in [1.82, 2.24) is 4.42 Å². The zero-order chi connectivity index (χ0) is 7.11. The molecule has 0 rings (SSSR count). The summed E-state index contributed by atoms with van der Waals surface area (Å²) < 4.78 is 1.78. The van der Waals surface area contributed by atoms with Crippen LogP contribution in [0.2, 0.25) is 0 Å². The first kappa shape index (κ1) is 8.99. The second-order valence-corrected chi connectivity index (χ2v) is 2.41. The van der Waals surface area contributed by atoms with Crippen molar-refractivity contribution < 1.29 is 0 Å². The third kappa shape index (κ3) is 5.87. The summed E-state index contributed by atoms with van der Waals surface area (Å²) in [5.74, 6) is 0. The van der Waals surface area contributed by atoms with Gasteiger partial charge in [0.1, 0.15) is 0 Å². The van der Waals surface area contributed by atoms with Crippen LogP contribution in [-0.4, -0.2) is 17.5 Å². The molecule has 2 heteroatoms. The van der Waals surface area contributed by atoms with Crippen molar-refractivity contribution in [1.29, 1.82) is 0 Å². The maximum Gasteiger partial charge on any atom is 0.0141 e. The highest BCUT2D eigenvalue weighted by atomic mass is 35.5. The highest BCUT2D eigenvalue weighted by molar-refractivity contribution is 6.13. The minimum atomic E-state index is 0.915. The van der Waals surface area contributed by atoms with Crippen LogP contribution in [-0.2, 0) is 0 Å². The minimum absolute atomic E-state index is 0.915. The first-order valence-electron chi connectivity index (χ1n) is 3.33. The van der Waals surface area contributed by atoms with Crippen LogP contribution in [0.25, 0.3) is 0 Å². The van der Waals surface area contributed by atoms with E-state index in [1.165, 1.54) is 0 Å². The summed E-state index contributed by atoms with van der Waals surface area (Å²) in [5.41, 5.74) is 0. The SMILES string of the molecule is C=CCCCN(Cl)CC. The van der Waals surface area contributed by atoms with Gasteiger partial charge in [0.05, 0.1) is 0 Å². The van der Waals surface area contributed by atoms with Gasteiger partial charge in [-0.2, -0.15) is 0 Å². The second-order valence-electron chi connectivity index (χ2n) is 1.93. The molecule has 0 spiro atoms. The predicted octanol–water partition coefficient (Wildman–Crippen LogP) is 2.43. The summed E-state index contributed by atoms with van der Waals surface area (Å²) in [5, 5.41) is 0. The number of hydrogen-bond acceptors (Lipinski definition) is 1. The number of unbranched alkanes of at least 4 members (excludes halogenated alkanes) is 1. The van der Waals surface area contributed by atoms with Gasteiger partial charge in [-0.3, -0.25) is 0 Å². The van der Waals surface area contributed by atoms with E-state index in [1.54, 1.807) is 4.42 Å². The summed E-state index contributed by atoms with van der Waals surface area (Å²) in [6.45, 7) is 7.54. The predicted molar refractivity (Wildman–Crippen MR) is 42.5 cm³/mol. The van der Waals surface area contributed by atoms with Gasteiger partial charge in [0.15, 0.2) is 0 Å². The lowest BCUT2D eigenvalue weighted by molar-refractivity contribution is 0.469. The molecule has 0 saturated heterocycles. The maximum atomic E-state index is 5.70. The minimum Gasteiger partial charge on any atom is -0.220 e. The Morgan fingerprint density at radius 1 is 1.67 bits per heavy atom. The van der Waals surface area contributed by atoms with Crippen LogP contribution in [0.15, 0.2) is 12.7 Å². The number of rotatable bonds is 5. The van der Waals surface area contributed by atoms with Crippen molar-refractivity contribution in [3.8, 4) is 0 Å². The van der Waals surface area contributed by atoms with E-state index in [0.717, 1.165) is 25.9 Å². The topological polar surface area (TPSA) is 3.24 Å². The molecule has 0 N–H and O–H groups in total. The number of allylic oxidation sites excluding steroid dienone is 1. The number of hydrogen-bond donors (Lipinski definition) is 0. The summed E-state index contributed by atoms with van der Waals surface area (Å²) in [6, 6.07) is 0. The molecule has 0 bridgehead atoms. The number of halogens is 1. The van der Waals surface area contributed by atoms with E-state index >= 15 is 0 Å². The van der Waals surface area contributed by atoms with Crippen LogP contribution in [0.5, 0.6) is 0 Å². The summed E-state index contributed by atoms with van der Waals surface area (Å²) in [4.78, 5) is 0. The van der Waals surface area contributed by atoms with Gasteiger partial charge in [0, 0.05) is 13.1 Å². The molecule has 1 nitrogen and oxygen atoms in total. The fourth-order valence-corrected chi connectivity index (χ4v) is 0.685. The van der Waals surface area contributed by atoms with Gasteiger partial charge < -0.3 is 0 Å². The molecule has 0 aliphatic carbocycles. The van der Waals surface area contributed by atoms with Gasteiger partial charge >= 0.3 is 0 Å². The Kier molecular flexibility index (Phi) is 6.11. The Balaban J connectivity index is 2.96. The molecule has 0 aliphatic heterocycles. The fourth-order valence-electron chi connectivity index (χ4n) is 0.565. The van der Waals surface area contributed by atoms with E-state index in [0.29, 0.717) is 0 Å². The van der Waals surface area contributed by atoms with Crippen LogP contribution >= 0.6 is 11.8 Å². The van der Waals surface area contributed by atoms with Crippen LogP contribution in [0.3, 0.4) is 0 Å². The van der Waals surface area contributed by atoms with Crippen LogP contribution in [0.4, 0.5) is 0 Å².